The van der Waals surface area contributed by atoms with Gasteiger partial charge in [-0.1, -0.05) is 39.5 Å². The first-order chi connectivity index (χ1) is 7.63. The normalized spacial score (nSPS) is 13.1. The van der Waals surface area contributed by atoms with Crippen molar-refractivity contribution in [2.75, 3.05) is 13.1 Å². The fraction of sp³-hybridized carbons (Fsp3) is 0.929. The first-order valence-corrected chi connectivity index (χ1v) is 6.88. The molecule has 0 radical (unpaired) electrons. The zero-order chi connectivity index (χ0) is 12.4. The van der Waals surface area contributed by atoms with Gasteiger partial charge in [-0.2, -0.15) is 0 Å². The fourth-order valence-corrected chi connectivity index (χ4v) is 1.86. The number of hydrogen-bond acceptors (Lipinski definition) is 2. The molecule has 0 rings (SSSR count). The van der Waals surface area contributed by atoms with Gasteiger partial charge >= 0.3 is 0 Å². The number of nitrogens with zero attached hydrogens (tertiary/aromatic N) is 1. The Morgan fingerprint density at radius 1 is 1.00 bits per heavy atom. The Labute approximate surface area is 101 Å². The summed E-state index contributed by atoms with van der Waals surface area (Å²) >= 11 is 0. The van der Waals surface area contributed by atoms with Gasteiger partial charge in [-0.05, 0) is 39.8 Å². The highest BCUT2D eigenvalue weighted by Crippen LogP contribution is 2.07. The number of ketones is 1. The average molecular weight is 227 g/mol. The molecule has 0 saturated carbocycles. The van der Waals surface area contributed by atoms with Gasteiger partial charge in [-0.15, -0.1) is 0 Å². The van der Waals surface area contributed by atoms with E-state index in [9.17, 15) is 4.79 Å². The van der Waals surface area contributed by atoms with E-state index >= 15 is 0 Å². The molecule has 0 aliphatic carbocycles. The van der Waals surface area contributed by atoms with E-state index in [0.29, 0.717) is 5.78 Å². The summed E-state index contributed by atoms with van der Waals surface area (Å²) in [5, 5.41) is 0. The van der Waals surface area contributed by atoms with Crippen molar-refractivity contribution >= 4 is 5.78 Å². The number of hydrogen-bond donors (Lipinski definition) is 0. The second-order valence-corrected chi connectivity index (χ2v) is 4.74. The van der Waals surface area contributed by atoms with Crippen molar-refractivity contribution in [2.45, 2.75) is 72.3 Å². The lowest BCUT2D eigenvalue weighted by Gasteiger charge is -2.27. The summed E-state index contributed by atoms with van der Waals surface area (Å²) in [5.74, 6) is 0.298. The van der Waals surface area contributed by atoms with E-state index in [2.05, 4.69) is 18.7 Å². The van der Waals surface area contributed by atoms with Crippen molar-refractivity contribution in [1.82, 2.24) is 4.90 Å². The minimum Gasteiger partial charge on any atom is -0.298 e. The minimum absolute atomic E-state index is 0.105. The summed E-state index contributed by atoms with van der Waals surface area (Å²) < 4.78 is 0. The summed E-state index contributed by atoms with van der Waals surface area (Å²) in [6.45, 7) is 10.3. The van der Waals surface area contributed by atoms with E-state index < -0.39 is 0 Å². The summed E-state index contributed by atoms with van der Waals surface area (Å²) in [7, 11) is 0. The molecule has 0 aromatic heterocycles. The molecule has 2 heteroatoms. The molecule has 0 spiro atoms. The highest BCUT2D eigenvalue weighted by Gasteiger charge is 2.16. The van der Waals surface area contributed by atoms with Crippen molar-refractivity contribution in [3.05, 3.63) is 0 Å². The van der Waals surface area contributed by atoms with E-state index in [0.717, 1.165) is 13.1 Å². The van der Waals surface area contributed by atoms with Gasteiger partial charge in [0.15, 0.2) is 0 Å². The largest absolute Gasteiger partial charge is 0.298 e. The minimum atomic E-state index is 0.105. The summed E-state index contributed by atoms with van der Waals surface area (Å²) in [6.07, 6.45) is 7.52. The molecule has 0 saturated heterocycles. The molecule has 0 amide bonds. The molecule has 0 heterocycles. The van der Waals surface area contributed by atoms with Crippen LogP contribution in [-0.2, 0) is 4.79 Å². The fourth-order valence-electron chi connectivity index (χ4n) is 1.86. The van der Waals surface area contributed by atoms with Crippen molar-refractivity contribution in [3.8, 4) is 0 Å². The SMILES string of the molecule is CCCCCCN(CCCC)C(C)C(C)=O. The molecule has 16 heavy (non-hydrogen) atoms. The predicted octanol–water partition coefficient (Wildman–Crippen LogP) is 3.65. The van der Waals surface area contributed by atoms with Crippen LogP contribution in [0.15, 0.2) is 0 Å². The summed E-state index contributed by atoms with van der Waals surface area (Å²) in [5.41, 5.74) is 0. The summed E-state index contributed by atoms with van der Waals surface area (Å²) in [6, 6.07) is 0.105. The van der Waals surface area contributed by atoms with Crippen LogP contribution in [0.1, 0.15) is 66.2 Å². The third-order valence-electron chi connectivity index (χ3n) is 3.23. The molecular formula is C14H29NO. The van der Waals surface area contributed by atoms with Crippen molar-refractivity contribution in [2.24, 2.45) is 0 Å². The van der Waals surface area contributed by atoms with Gasteiger partial charge in [0, 0.05) is 0 Å². The summed E-state index contributed by atoms with van der Waals surface area (Å²) in [4.78, 5) is 13.7. The van der Waals surface area contributed by atoms with Gasteiger partial charge < -0.3 is 0 Å². The topological polar surface area (TPSA) is 20.3 Å². The van der Waals surface area contributed by atoms with Crippen molar-refractivity contribution < 1.29 is 4.79 Å². The number of carbonyl (C=O) groups is 1. The molecule has 1 atom stereocenters. The van der Waals surface area contributed by atoms with Gasteiger partial charge in [0.1, 0.15) is 5.78 Å². The van der Waals surface area contributed by atoms with Gasteiger partial charge in [0.05, 0.1) is 6.04 Å². The van der Waals surface area contributed by atoms with Crippen LogP contribution in [0, 0.1) is 0 Å². The van der Waals surface area contributed by atoms with E-state index in [4.69, 9.17) is 0 Å². The monoisotopic (exact) mass is 227 g/mol. The van der Waals surface area contributed by atoms with Gasteiger partial charge in [-0.25, -0.2) is 0 Å². The Morgan fingerprint density at radius 2 is 1.56 bits per heavy atom. The van der Waals surface area contributed by atoms with E-state index in [1.54, 1.807) is 6.92 Å². The second-order valence-electron chi connectivity index (χ2n) is 4.74. The van der Waals surface area contributed by atoms with Crippen LogP contribution in [-0.4, -0.2) is 29.8 Å². The molecule has 0 fully saturated rings. The van der Waals surface area contributed by atoms with E-state index in [1.165, 1.54) is 38.5 Å². The second kappa shape index (κ2) is 9.83. The van der Waals surface area contributed by atoms with Crippen molar-refractivity contribution in [1.29, 1.82) is 0 Å². The maximum absolute atomic E-state index is 11.4. The molecule has 0 aromatic carbocycles. The molecule has 0 N–H and O–H groups in total. The molecule has 1 unspecified atom stereocenters. The number of unbranched alkanes of at least 4 members (excludes halogenated alkanes) is 4. The smallest absolute Gasteiger partial charge is 0.146 e. The zero-order valence-electron chi connectivity index (χ0n) is 11.6. The highest BCUT2D eigenvalue weighted by atomic mass is 16.1. The number of rotatable bonds is 10. The van der Waals surface area contributed by atoms with Crippen LogP contribution < -0.4 is 0 Å². The Balaban J connectivity index is 3.94. The lowest BCUT2D eigenvalue weighted by Crippen LogP contribution is -2.39. The van der Waals surface area contributed by atoms with E-state index in [-0.39, 0.29) is 6.04 Å². The van der Waals surface area contributed by atoms with Gasteiger partial charge in [0.2, 0.25) is 0 Å². The molecule has 2 nitrogen and oxygen atoms in total. The van der Waals surface area contributed by atoms with E-state index in [1.807, 2.05) is 6.92 Å². The first-order valence-electron chi connectivity index (χ1n) is 6.88. The molecule has 0 bridgehead atoms. The zero-order valence-corrected chi connectivity index (χ0v) is 11.6. The molecule has 0 aromatic rings. The standard InChI is InChI=1S/C14H29NO/c1-5-7-9-10-12-15(11-8-6-2)13(3)14(4)16/h13H,5-12H2,1-4H3. The van der Waals surface area contributed by atoms with Gasteiger partial charge in [0.25, 0.3) is 0 Å². The van der Waals surface area contributed by atoms with Crippen molar-refractivity contribution in [3.63, 3.8) is 0 Å². The molecule has 0 aliphatic heterocycles. The molecule has 0 aliphatic rings. The van der Waals surface area contributed by atoms with Gasteiger partial charge in [-0.3, -0.25) is 9.69 Å². The quantitative estimate of drug-likeness (QED) is 0.531. The van der Waals surface area contributed by atoms with Crippen LogP contribution in [0.5, 0.6) is 0 Å². The maximum Gasteiger partial charge on any atom is 0.146 e. The number of carbonyl (C=O) groups excluding carboxylic acids is 1. The predicted molar refractivity (Wildman–Crippen MR) is 70.8 cm³/mol. The highest BCUT2D eigenvalue weighted by molar-refractivity contribution is 5.80. The Bertz CT molecular complexity index is 180. The Morgan fingerprint density at radius 3 is 2.06 bits per heavy atom. The average Bonchev–Trinajstić information content (AvgIpc) is 2.27. The van der Waals surface area contributed by atoms with Crippen LogP contribution in [0.25, 0.3) is 0 Å². The first kappa shape index (κ1) is 15.6. The van der Waals surface area contributed by atoms with Crippen LogP contribution in [0.4, 0.5) is 0 Å². The Hall–Kier alpha value is -0.370. The number of Topliss-reactive ketones (excluding diaryl/α,β-unsaturated/α-hetero) is 1. The third kappa shape index (κ3) is 7.00. The van der Waals surface area contributed by atoms with Crippen LogP contribution in [0.2, 0.25) is 0 Å². The maximum atomic E-state index is 11.4. The van der Waals surface area contributed by atoms with Crippen LogP contribution in [0.3, 0.4) is 0 Å². The lowest BCUT2D eigenvalue weighted by molar-refractivity contribution is -0.121. The van der Waals surface area contributed by atoms with Crippen LogP contribution >= 0.6 is 0 Å². The lowest BCUT2D eigenvalue weighted by atomic mass is 10.1. The Kier molecular flexibility index (Phi) is 9.60. The molecular weight excluding hydrogens is 198 g/mol. The molecule has 96 valence electrons. The third-order valence-corrected chi connectivity index (χ3v) is 3.23.